The molecular weight excluding hydrogens is 242 g/mol. The fourth-order valence-corrected chi connectivity index (χ4v) is 1.91. The third-order valence-corrected chi connectivity index (χ3v) is 2.89. The normalized spacial score (nSPS) is 16.6. The van der Waals surface area contributed by atoms with E-state index in [-0.39, 0.29) is 11.7 Å². The molecule has 0 spiro atoms. The van der Waals surface area contributed by atoms with Crippen LogP contribution in [0.5, 0.6) is 5.75 Å². The van der Waals surface area contributed by atoms with Crippen LogP contribution in [0, 0.1) is 11.6 Å². The first-order valence-corrected chi connectivity index (χ1v) is 5.74. The minimum atomic E-state index is -1.03. The first-order valence-electron chi connectivity index (χ1n) is 5.74. The zero-order valence-corrected chi connectivity index (χ0v) is 9.71. The van der Waals surface area contributed by atoms with E-state index in [9.17, 15) is 13.6 Å². The summed E-state index contributed by atoms with van der Waals surface area (Å²) in [5, 5.41) is 3.12. The summed E-state index contributed by atoms with van der Waals surface area (Å²) in [5.74, 6) is -3.31. The third kappa shape index (κ3) is 2.59. The molecule has 1 amide bonds. The van der Waals surface area contributed by atoms with Crippen LogP contribution in [0.25, 0.3) is 0 Å². The van der Waals surface area contributed by atoms with Crippen LogP contribution in [0.15, 0.2) is 12.1 Å². The molecule has 0 bridgehead atoms. The summed E-state index contributed by atoms with van der Waals surface area (Å²) in [4.78, 5) is 11.0. The maximum absolute atomic E-state index is 13.9. The van der Waals surface area contributed by atoms with Crippen LogP contribution in [0.3, 0.4) is 0 Å². The van der Waals surface area contributed by atoms with Gasteiger partial charge in [-0.3, -0.25) is 4.79 Å². The number of ether oxygens (including phenoxy) is 1. The molecule has 0 radical (unpaired) electrons. The average Bonchev–Trinajstić information content (AvgIpc) is 2.35. The lowest BCUT2D eigenvalue weighted by Gasteiger charge is -2.24. The highest BCUT2D eigenvalue weighted by atomic mass is 19.1. The molecule has 0 atom stereocenters. The van der Waals surface area contributed by atoms with Gasteiger partial charge in [-0.05, 0) is 38.1 Å². The van der Waals surface area contributed by atoms with Crippen molar-refractivity contribution in [2.45, 2.75) is 18.9 Å². The van der Waals surface area contributed by atoms with E-state index in [0.29, 0.717) is 12.8 Å². The molecule has 6 heteroatoms. The lowest BCUT2D eigenvalue weighted by Crippen LogP contribution is -2.34. The molecule has 18 heavy (non-hydrogen) atoms. The van der Waals surface area contributed by atoms with Crippen molar-refractivity contribution in [2.24, 2.45) is 5.73 Å². The third-order valence-electron chi connectivity index (χ3n) is 2.89. The molecule has 4 nitrogen and oxygen atoms in total. The molecule has 0 aliphatic carbocycles. The number of carbonyl (C=O) groups is 1. The molecule has 1 saturated heterocycles. The fourth-order valence-electron chi connectivity index (χ4n) is 1.91. The molecule has 0 aromatic heterocycles. The van der Waals surface area contributed by atoms with E-state index in [1.54, 1.807) is 0 Å². The van der Waals surface area contributed by atoms with Crippen molar-refractivity contribution in [3.05, 3.63) is 29.3 Å². The largest absolute Gasteiger partial charge is 0.484 e. The monoisotopic (exact) mass is 256 g/mol. The Bertz CT molecular complexity index is 460. The summed E-state index contributed by atoms with van der Waals surface area (Å²) >= 11 is 0. The van der Waals surface area contributed by atoms with Gasteiger partial charge in [0.25, 0.3) is 5.91 Å². The summed E-state index contributed by atoms with van der Waals surface area (Å²) in [6.07, 6.45) is 1.08. The van der Waals surface area contributed by atoms with Crippen LogP contribution >= 0.6 is 0 Å². The van der Waals surface area contributed by atoms with Gasteiger partial charge in [0, 0.05) is 0 Å². The van der Waals surface area contributed by atoms with Crippen LogP contribution < -0.4 is 15.8 Å². The maximum atomic E-state index is 13.9. The predicted octanol–water partition coefficient (Wildman–Crippen LogP) is 1.19. The van der Waals surface area contributed by atoms with E-state index >= 15 is 0 Å². The van der Waals surface area contributed by atoms with Gasteiger partial charge in [-0.15, -0.1) is 0 Å². The fraction of sp³-hybridized carbons (Fsp3) is 0.417. The highest BCUT2D eigenvalue weighted by Gasteiger charge is 2.22. The van der Waals surface area contributed by atoms with Crippen molar-refractivity contribution in [2.75, 3.05) is 13.1 Å². The number of nitrogens with two attached hydrogens (primary N) is 1. The number of piperidine rings is 1. The van der Waals surface area contributed by atoms with Gasteiger partial charge in [0.15, 0.2) is 17.4 Å². The Kier molecular flexibility index (Phi) is 3.76. The van der Waals surface area contributed by atoms with Crippen molar-refractivity contribution in [3.8, 4) is 5.75 Å². The summed E-state index contributed by atoms with van der Waals surface area (Å²) in [5.41, 5.74) is 4.64. The van der Waals surface area contributed by atoms with Gasteiger partial charge in [-0.1, -0.05) is 0 Å². The van der Waals surface area contributed by atoms with Crippen LogP contribution in [0.1, 0.15) is 23.2 Å². The van der Waals surface area contributed by atoms with Gasteiger partial charge in [0.2, 0.25) is 0 Å². The molecular formula is C12H14F2N2O2. The van der Waals surface area contributed by atoms with E-state index in [0.717, 1.165) is 25.2 Å². The Hall–Kier alpha value is -1.69. The van der Waals surface area contributed by atoms with Crippen LogP contribution in [-0.4, -0.2) is 25.1 Å². The highest BCUT2D eigenvalue weighted by molar-refractivity contribution is 5.93. The number of carbonyl (C=O) groups excluding carboxylic acids is 1. The zero-order chi connectivity index (χ0) is 13.1. The van der Waals surface area contributed by atoms with Crippen molar-refractivity contribution in [1.82, 2.24) is 5.32 Å². The Balaban J connectivity index is 2.25. The summed E-state index contributed by atoms with van der Waals surface area (Å²) in [6.45, 7) is 1.48. The van der Waals surface area contributed by atoms with E-state index < -0.39 is 23.3 Å². The van der Waals surface area contributed by atoms with Gasteiger partial charge < -0.3 is 15.8 Å². The first kappa shape index (κ1) is 12.8. The van der Waals surface area contributed by atoms with Gasteiger partial charge in [0.1, 0.15) is 6.10 Å². The molecule has 0 saturated carbocycles. The Morgan fingerprint density at radius 3 is 2.61 bits per heavy atom. The van der Waals surface area contributed by atoms with Gasteiger partial charge in [-0.25, -0.2) is 8.78 Å². The summed E-state index contributed by atoms with van der Waals surface area (Å²) < 4.78 is 32.7. The van der Waals surface area contributed by atoms with Crippen molar-refractivity contribution in [1.29, 1.82) is 0 Å². The minimum absolute atomic E-state index is 0.252. The SMILES string of the molecule is NC(=O)c1ccc(F)c(OC2CCNCC2)c1F. The Labute approximate surface area is 103 Å². The molecule has 98 valence electrons. The standard InChI is InChI=1S/C12H14F2N2O2/c13-9-2-1-8(12(15)17)10(14)11(9)18-7-3-5-16-6-4-7/h1-2,7,16H,3-6H2,(H2,15,17). The summed E-state index contributed by atoms with van der Waals surface area (Å²) in [6, 6.07) is 2.00. The topological polar surface area (TPSA) is 64.4 Å². The molecule has 1 fully saturated rings. The lowest BCUT2D eigenvalue weighted by atomic mass is 10.1. The minimum Gasteiger partial charge on any atom is -0.484 e. The first-order chi connectivity index (χ1) is 8.59. The zero-order valence-electron chi connectivity index (χ0n) is 9.71. The van der Waals surface area contributed by atoms with E-state index in [1.165, 1.54) is 0 Å². The Morgan fingerprint density at radius 1 is 1.33 bits per heavy atom. The second-order valence-electron chi connectivity index (χ2n) is 4.17. The number of hydrogen-bond donors (Lipinski definition) is 2. The number of primary amides is 1. The number of nitrogens with one attached hydrogen (secondary N) is 1. The van der Waals surface area contributed by atoms with Crippen molar-refractivity contribution < 1.29 is 18.3 Å². The van der Waals surface area contributed by atoms with Crippen LogP contribution in [0.2, 0.25) is 0 Å². The number of hydrogen-bond acceptors (Lipinski definition) is 3. The van der Waals surface area contributed by atoms with Gasteiger partial charge >= 0.3 is 0 Å². The van der Waals surface area contributed by atoms with Crippen molar-refractivity contribution >= 4 is 5.91 Å². The molecule has 1 aromatic carbocycles. The second kappa shape index (κ2) is 5.30. The van der Waals surface area contributed by atoms with Gasteiger partial charge in [0.05, 0.1) is 5.56 Å². The number of halogens is 2. The number of amides is 1. The predicted molar refractivity (Wildman–Crippen MR) is 61.4 cm³/mol. The summed E-state index contributed by atoms with van der Waals surface area (Å²) in [7, 11) is 0. The van der Waals surface area contributed by atoms with Crippen LogP contribution in [-0.2, 0) is 0 Å². The number of rotatable bonds is 3. The molecule has 0 unspecified atom stereocenters. The van der Waals surface area contributed by atoms with E-state index in [1.807, 2.05) is 0 Å². The van der Waals surface area contributed by atoms with E-state index in [4.69, 9.17) is 10.5 Å². The van der Waals surface area contributed by atoms with Crippen LogP contribution in [0.4, 0.5) is 8.78 Å². The van der Waals surface area contributed by atoms with Gasteiger partial charge in [-0.2, -0.15) is 0 Å². The number of benzene rings is 1. The maximum Gasteiger partial charge on any atom is 0.251 e. The highest BCUT2D eigenvalue weighted by Crippen LogP contribution is 2.27. The molecule has 1 aliphatic rings. The lowest BCUT2D eigenvalue weighted by molar-refractivity contribution is 0.0992. The van der Waals surface area contributed by atoms with E-state index in [2.05, 4.69) is 5.32 Å². The quantitative estimate of drug-likeness (QED) is 0.854. The second-order valence-corrected chi connectivity index (χ2v) is 4.17. The van der Waals surface area contributed by atoms with Crippen molar-refractivity contribution in [3.63, 3.8) is 0 Å². The molecule has 2 rings (SSSR count). The average molecular weight is 256 g/mol. The molecule has 1 heterocycles. The molecule has 3 N–H and O–H groups in total. The smallest absolute Gasteiger partial charge is 0.251 e. The molecule has 1 aromatic rings. The Morgan fingerprint density at radius 2 is 2.00 bits per heavy atom. The molecule has 1 aliphatic heterocycles.